The normalized spacial score (nSPS) is 31.9. The van der Waals surface area contributed by atoms with Crippen LogP contribution in [0.2, 0.25) is 0 Å². The van der Waals surface area contributed by atoms with Crippen LogP contribution in [0, 0.1) is 11.3 Å². The fourth-order valence-electron chi connectivity index (χ4n) is 2.88. The first-order chi connectivity index (χ1) is 7.65. The number of hydrogen-bond acceptors (Lipinski definition) is 3. The van der Waals surface area contributed by atoms with Crippen molar-refractivity contribution in [3.8, 4) is 0 Å². The van der Waals surface area contributed by atoms with E-state index < -0.39 is 11.4 Å². The third-order valence-electron chi connectivity index (χ3n) is 3.88. The van der Waals surface area contributed by atoms with Gasteiger partial charge in [-0.25, -0.2) is 0 Å². The largest absolute Gasteiger partial charge is 0.480 e. The molecular formula is C12H18O4. The molecule has 1 aliphatic carbocycles. The Bertz CT molecular complexity index is 293. The van der Waals surface area contributed by atoms with E-state index in [1.54, 1.807) is 0 Å². The molecule has 4 heteroatoms. The van der Waals surface area contributed by atoms with Gasteiger partial charge < -0.3 is 9.84 Å². The average Bonchev–Trinajstić information content (AvgIpc) is 2.74. The van der Waals surface area contributed by atoms with Gasteiger partial charge in [-0.15, -0.1) is 0 Å². The van der Waals surface area contributed by atoms with Crippen molar-refractivity contribution in [2.45, 2.75) is 38.5 Å². The van der Waals surface area contributed by atoms with Crippen LogP contribution in [0.4, 0.5) is 0 Å². The molecule has 0 radical (unpaired) electrons. The van der Waals surface area contributed by atoms with E-state index in [0.717, 1.165) is 25.7 Å². The van der Waals surface area contributed by atoms with E-state index >= 15 is 0 Å². The standard InChI is InChI=1S/C12H18O4/c13-10-5-6-16-8-12(10,11(14)15)7-9-3-1-2-4-9/h9H,1-8H2,(H,14,15). The summed E-state index contributed by atoms with van der Waals surface area (Å²) < 4.78 is 5.23. The van der Waals surface area contributed by atoms with Gasteiger partial charge in [-0.05, 0) is 12.3 Å². The Morgan fingerprint density at radius 2 is 2.12 bits per heavy atom. The Morgan fingerprint density at radius 3 is 2.69 bits per heavy atom. The van der Waals surface area contributed by atoms with Crippen molar-refractivity contribution >= 4 is 11.8 Å². The van der Waals surface area contributed by atoms with Crippen molar-refractivity contribution in [1.29, 1.82) is 0 Å². The summed E-state index contributed by atoms with van der Waals surface area (Å²) >= 11 is 0. The van der Waals surface area contributed by atoms with Gasteiger partial charge in [-0.3, -0.25) is 9.59 Å². The number of carbonyl (C=O) groups is 2. The fraction of sp³-hybridized carbons (Fsp3) is 0.833. The highest BCUT2D eigenvalue weighted by atomic mass is 16.5. The van der Waals surface area contributed by atoms with Crippen LogP contribution in [0.1, 0.15) is 38.5 Å². The van der Waals surface area contributed by atoms with Crippen LogP contribution in [0.5, 0.6) is 0 Å². The second-order valence-corrected chi connectivity index (χ2v) is 4.97. The molecule has 2 rings (SSSR count). The molecule has 0 bridgehead atoms. The van der Waals surface area contributed by atoms with Gasteiger partial charge in [0, 0.05) is 6.42 Å². The van der Waals surface area contributed by atoms with Crippen LogP contribution in [0.25, 0.3) is 0 Å². The maximum Gasteiger partial charge on any atom is 0.319 e. The predicted octanol–water partition coefficient (Wildman–Crippen LogP) is 1.63. The van der Waals surface area contributed by atoms with Crippen LogP contribution in [0.15, 0.2) is 0 Å². The van der Waals surface area contributed by atoms with Gasteiger partial charge in [-0.2, -0.15) is 0 Å². The number of rotatable bonds is 3. The molecule has 1 aliphatic heterocycles. The van der Waals surface area contributed by atoms with E-state index in [0.29, 0.717) is 18.9 Å². The summed E-state index contributed by atoms with van der Waals surface area (Å²) in [5.41, 5.74) is -1.24. The lowest BCUT2D eigenvalue weighted by Gasteiger charge is -2.33. The minimum absolute atomic E-state index is 0.0671. The summed E-state index contributed by atoms with van der Waals surface area (Å²) in [6.07, 6.45) is 5.16. The smallest absolute Gasteiger partial charge is 0.319 e. The maximum absolute atomic E-state index is 11.9. The van der Waals surface area contributed by atoms with Crippen LogP contribution in [-0.4, -0.2) is 30.1 Å². The Balaban J connectivity index is 2.13. The van der Waals surface area contributed by atoms with Crippen molar-refractivity contribution in [2.24, 2.45) is 11.3 Å². The molecule has 4 nitrogen and oxygen atoms in total. The quantitative estimate of drug-likeness (QED) is 0.743. The number of hydrogen-bond donors (Lipinski definition) is 1. The minimum Gasteiger partial charge on any atom is -0.480 e. The van der Waals surface area contributed by atoms with E-state index in [9.17, 15) is 14.7 Å². The number of Topliss-reactive ketones (excluding diaryl/α,β-unsaturated/α-hetero) is 1. The van der Waals surface area contributed by atoms with Crippen molar-refractivity contribution in [3.63, 3.8) is 0 Å². The summed E-state index contributed by atoms with van der Waals surface area (Å²) in [5, 5.41) is 9.32. The molecule has 0 aromatic carbocycles. The molecule has 1 atom stereocenters. The monoisotopic (exact) mass is 226 g/mol. The zero-order valence-corrected chi connectivity index (χ0v) is 9.41. The van der Waals surface area contributed by atoms with Crippen molar-refractivity contribution in [2.75, 3.05) is 13.2 Å². The van der Waals surface area contributed by atoms with Crippen molar-refractivity contribution in [3.05, 3.63) is 0 Å². The number of carbonyl (C=O) groups excluding carboxylic acids is 1. The molecule has 0 amide bonds. The molecule has 0 spiro atoms. The lowest BCUT2D eigenvalue weighted by Crippen LogP contribution is -2.48. The highest BCUT2D eigenvalue weighted by molar-refractivity contribution is 6.03. The Morgan fingerprint density at radius 1 is 1.44 bits per heavy atom. The highest BCUT2D eigenvalue weighted by Gasteiger charge is 2.49. The zero-order valence-electron chi connectivity index (χ0n) is 9.41. The molecule has 1 heterocycles. The average molecular weight is 226 g/mol. The third-order valence-corrected chi connectivity index (χ3v) is 3.88. The van der Waals surface area contributed by atoms with Gasteiger partial charge in [0.25, 0.3) is 0 Å². The summed E-state index contributed by atoms with van der Waals surface area (Å²) in [7, 11) is 0. The number of ketones is 1. The van der Waals surface area contributed by atoms with Crippen molar-refractivity contribution < 1.29 is 19.4 Å². The van der Waals surface area contributed by atoms with Gasteiger partial charge >= 0.3 is 5.97 Å². The fourth-order valence-corrected chi connectivity index (χ4v) is 2.88. The van der Waals surface area contributed by atoms with Crippen LogP contribution in [-0.2, 0) is 14.3 Å². The molecule has 16 heavy (non-hydrogen) atoms. The molecule has 0 aromatic heterocycles. The summed E-state index contributed by atoms with van der Waals surface area (Å²) in [4.78, 5) is 23.3. The summed E-state index contributed by atoms with van der Waals surface area (Å²) in [6.45, 7) is 0.441. The number of ether oxygens (including phenoxy) is 1. The van der Waals surface area contributed by atoms with Crippen LogP contribution < -0.4 is 0 Å². The second kappa shape index (κ2) is 4.53. The second-order valence-electron chi connectivity index (χ2n) is 4.97. The van der Waals surface area contributed by atoms with Gasteiger partial charge in [0.05, 0.1) is 13.2 Å². The lowest BCUT2D eigenvalue weighted by atomic mass is 9.74. The molecule has 2 fully saturated rings. The Kier molecular flexibility index (Phi) is 3.28. The third kappa shape index (κ3) is 1.98. The van der Waals surface area contributed by atoms with Gasteiger partial charge in [-0.1, -0.05) is 25.7 Å². The molecule has 1 N–H and O–H groups in total. The number of carboxylic acids is 1. The molecule has 90 valence electrons. The topological polar surface area (TPSA) is 63.6 Å². The summed E-state index contributed by atoms with van der Waals surface area (Å²) in [6, 6.07) is 0. The SMILES string of the molecule is O=C(O)C1(CC2CCCC2)COCCC1=O. The van der Waals surface area contributed by atoms with E-state index in [1.165, 1.54) is 0 Å². The van der Waals surface area contributed by atoms with Gasteiger partial charge in [0.15, 0.2) is 5.78 Å². The Hall–Kier alpha value is -0.900. The molecule has 2 aliphatic rings. The van der Waals surface area contributed by atoms with Crippen LogP contribution in [0.3, 0.4) is 0 Å². The minimum atomic E-state index is -1.24. The lowest BCUT2D eigenvalue weighted by molar-refractivity contribution is -0.166. The zero-order chi connectivity index (χ0) is 11.6. The molecule has 1 saturated heterocycles. The van der Waals surface area contributed by atoms with E-state index in [1.807, 2.05) is 0 Å². The first-order valence-electron chi connectivity index (χ1n) is 5.99. The first kappa shape index (κ1) is 11.6. The van der Waals surface area contributed by atoms with E-state index in [4.69, 9.17) is 4.74 Å². The van der Waals surface area contributed by atoms with Gasteiger partial charge in [0.1, 0.15) is 5.41 Å². The van der Waals surface area contributed by atoms with Gasteiger partial charge in [0.2, 0.25) is 0 Å². The van der Waals surface area contributed by atoms with E-state index in [2.05, 4.69) is 0 Å². The molecule has 1 unspecified atom stereocenters. The molecule has 0 aromatic rings. The molecular weight excluding hydrogens is 208 g/mol. The molecule has 1 saturated carbocycles. The Labute approximate surface area is 95.0 Å². The number of aliphatic carboxylic acids is 1. The maximum atomic E-state index is 11.9. The highest BCUT2D eigenvalue weighted by Crippen LogP contribution is 2.39. The first-order valence-corrected chi connectivity index (χ1v) is 5.99. The van der Waals surface area contributed by atoms with E-state index in [-0.39, 0.29) is 18.8 Å². The van der Waals surface area contributed by atoms with Crippen LogP contribution >= 0.6 is 0 Å². The summed E-state index contributed by atoms with van der Waals surface area (Å²) in [5.74, 6) is -0.746. The predicted molar refractivity (Wildman–Crippen MR) is 57.1 cm³/mol. The number of carboxylic acid groups (broad SMARTS) is 1. The van der Waals surface area contributed by atoms with Crippen molar-refractivity contribution in [1.82, 2.24) is 0 Å².